The minimum absolute atomic E-state index is 0.0609. The summed E-state index contributed by atoms with van der Waals surface area (Å²) in [5.74, 6) is -2.37. The molecule has 3 aromatic rings. The Morgan fingerprint density at radius 2 is 1.76 bits per heavy atom. The van der Waals surface area contributed by atoms with Crippen LogP contribution in [-0.2, 0) is 11.2 Å². The van der Waals surface area contributed by atoms with E-state index in [1.165, 1.54) is 6.07 Å². The molecule has 2 fully saturated rings. The number of nitrogens with zero attached hydrogens (tertiary/aromatic N) is 4. The summed E-state index contributed by atoms with van der Waals surface area (Å²) in [6, 6.07) is 5.41. The van der Waals surface area contributed by atoms with E-state index in [1.807, 2.05) is 25.7 Å². The molecule has 0 N–H and O–H groups in total. The van der Waals surface area contributed by atoms with Crippen LogP contribution in [0.5, 0.6) is 0 Å². The molecule has 1 aliphatic carbocycles. The smallest absolute Gasteiger partial charge is 0.410 e. The summed E-state index contributed by atoms with van der Waals surface area (Å²) in [4.78, 5) is 19.0. The molecule has 1 aliphatic heterocycles. The third-order valence-electron chi connectivity index (χ3n) is 6.83. The van der Waals surface area contributed by atoms with Crippen LogP contribution in [0.3, 0.4) is 0 Å². The van der Waals surface area contributed by atoms with E-state index in [2.05, 4.69) is 10.1 Å². The topological polar surface area (TPSA) is 59.7 Å². The van der Waals surface area contributed by atoms with Crippen molar-refractivity contribution in [2.75, 3.05) is 13.1 Å². The van der Waals surface area contributed by atoms with E-state index in [0.29, 0.717) is 54.3 Å². The normalized spacial score (nSPS) is 22.4. The van der Waals surface area contributed by atoms with Crippen LogP contribution in [0.25, 0.3) is 16.8 Å². The van der Waals surface area contributed by atoms with Gasteiger partial charge in [-0.1, -0.05) is 0 Å². The average Bonchev–Trinajstić information content (AvgIpc) is 3.27. The molecule has 34 heavy (non-hydrogen) atoms. The van der Waals surface area contributed by atoms with Crippen LogP contribution < -0.4 is 0 Å². The predicted octanol–water partition coefficient (Wildman–Crippen LogP) is 5.25. The molecule has 2 aliphatic rings. The Balaban J connectivity index is 1.38. The van der Waals surface area contributed by atoms with E-state index >= 15 is 0 Å². The number of halogens is 3. The molecule has 0 spiro atoms. The van der Waals surface area contributed by atoms with Crippen LogP contribution in [0.15, 0.2) is 30.5 Å². The second-order valence-corrected chi connectivity index (χ2v) is 10.3. The van der Waals surface area contributed by atoms with Crippen molar-refractivity contribution < 1.29 is 22.7 Å². The Labute approximate surface area is 195 Å². The summed E-state index contributed by atoms with van der Waals surface area (Å²) < 4.78 is 48.8. The van der Waals surface area contributed by atoms with Crippen LogP contribution in [0, 0.1) is 35.2 Å². The van der Waals surface area contributed by atoms with Gasteiger partial charge in [0.15, 0.2) is 28.9 Å². The van der Waals surface area contributed by atoms with Gasteiger partial charge in [0.1, 0.15) is 5.60 Å². The minimum Gasteiger partial charge on any atom is -0.444 e. The number of benzene rings is 1. The Bertz CT molecular complexity index is 1240. The Morgan fingerprint density at radius 1 is 1.06 bits per heavy atom. The van der Waals surface area contributed by atoms with Gasteiger partial charge in [0, 0.05) is 36.8 Å². The standard InChI is InChI=1S/C25H27F3N4O2/c1-25(2,3)34-24(33)31-12-14-6-7-15(13-31)18(14)11-20-29-23-17(5-4-10-32(23)30-20)16-8-9-19(26)22(28)21(16)27/h4-5,8-10,14-15,18H,6-7,11-13H2,1-3H3/t14-,15+,18?. The van der Waals surface area contributed by atoms with Crippen LogP contribution >= 0.6 is 0 Å². The molecule has 0 radical (unpaired) electrons. The van der Waals surface area contributed by atoms with E-state index in [0.717, 1.165) is 18.9 Å². The van der Waals surface area contributed by atoms with Gasteiger partial charge in [0.25, 0.3) is 0 Å². The molecule has 3 heterocycles. The van der Waals surface area contributed by atoms with Crippen molar-refractivity contribution in [3.8, 4) is 11.1 Å². The van der Waals surface area contributed by atoms with Crippen molar-refractivity contribution in [3.05, 3.63) is 53.7 Å². The van der Waals surface area contributed by atoms with Gasteiger partial charge in [-0.15, -0.1) is 0 Å². The lowest BCUT2D eigenvalue weighted by Crippen LogP contribution is -2.47. The van der Waals surface area contributed by atoms with Gasteiger partial charge in [-0.3, -0.25) is 0 Å². The van der Waals surface area contributed by atoms with Gasteiger partial charge in [-0.05, 0) is 75.6 Å². The number of pyridine rings is 1. The molecule has 2 aromatic heterocycles. The summed E-state index contributed by atoms with van der Waals surface area (Å²) in [5, 5.41) is 4.57. The fraction of sp³-hybridized carbons (Fsp3) is 0.480. The lowest BCUT2D eigenvalue weighted by Gasteiger charge is -2.38. The maximum absolute atomic E-state index is 14.5. The molecule has 1 amide bonds. The molecule has 5 rings (SSSR count). The van der Waals surface area contributed by atoms with E-state index in [9.17, 15) is 18.0 Å². The summed E-state index contributed by atoms with van der Waals surface area (Å²) >= 11 is 0. The molecule has 6 nitrogen and oxygen atoms in total. The molecule has 1 aromatic carbocycles. The first kappa shape index (κ1) is 22.7. The van der Waals surface area contributed by atoms with Crippen molar-refractivity contribution in [2.24, 2.45) is 17.8 Å². The zero-order chi connectivity index (χ0) is 24.2. The van der Waals surface area contributed by atoms with Gasteiger partial charge in [0.2, 0.25) is 0 Å². The quantitative estimate of drug-likeness (QED) is 0.489. The molecule has 2 bridgehead atoms. The number of piperidine rings is 1. The van der Waals surface area contributed by atoms with E-state index < -0.39 is 23.1 Å². The molecular formula is C25H27F3N4O2. The summed E-state index contributed by atoms with van der Waals surface area (Å²) in [6.07, 6.45) is 4.14. The highest BCUT2D eigenvalue weighted by Gasteiger charge is 2.44. The lowest BCUT2D eigenvalue weighted by molar-refractivity contribution is 0.00787. The number of hydrogen-bond acceptors (Lipinski definition) is 4. The summed E-state index contributed by atoms with van der Waals surface area (Å²) in [6.45, 7) is 6.88. The highest BCUT2D eigenvalue weighted by atomic mass is 19.2. The zero-order valence-electron chi connectivity index (χ0n) is 19.4. The molecule has 3 atom stereocenters. The number of hydrogen-bond donors (Lipinski definition) is 0. The first-order chi connectivity index (χ1) is 16.1. The number of likely N-dealkylation sites (tertiary alicyclic amines) is 1. The van der Waals surface area contributed by atoms with Crippen LogP contribution in [0.4, 0.5) is 18.0 Å². The van der Waals surface area contributed by atoms with Gasteiger partial charge < -0.3 is 9.64 Å². The van der Waals surface area contributed by atoms with Crippen molar-refractivity contribution in [1.29, 1.82) is 0 Å². The maximum atomic E-state index is 14.5. The highest BCUT2D eigenvalue weighted by molar-refractivity contribution is 5.77. The summed E-state index contributed by atoms with van der Waals surface area (Å²) in [5.41, 5.74) is 0.147. The minimum atomic E-state index is -1.51. The molecular weight excluding hydrogens is 445 g/mol. The average molecular weight is 473 g/mol. The number of aromatic nitrogens is 3. The molecule has 1 saturated heterocycles. The first-order valence-corrected chi connectivity index (χ1v) is 11.6. The number of ether oxygens (including phenoxy) is 1. The van der Waals surface area contributed by atoms with Crippen LogP contribution in [0.2, 0.25) is 0 Å². The Morgan fingerprint density at radius 3 is 2.44 bits per heavy atom. The summed E-state index contributed by atoms with van der Waals surface area (Å²) in [7, 11) is 0. The van der Waals surface area contributed by atoms with Crippen LogP contribution in [0.1, 0.15) is 39.4 Å². The highest BCUT2D eigenvalue weighted by Crippen LogP contribution is 2.43. The fourth-order valence-corrected chi connectivity index (χ4v) is 5.34. The number of carbonyl (C=O) groups is 1. The van der Waals surface area contributed by atoms with Crippen molar-refractivity contribution in [2.45, 2.75) is 45.6 Å². The van der Waals surface area contributed by atoms with Gasteiger partial charge in [0.05, 0.1) is 0 Å². The van der Waals surface area contributed by atoms with Gasteiger partial charge in [-0.2, -0.15) is 5.10 Å². The maximum Gasteiger partial charge on any atom is 0.410 e. The molecule has 1 unspecified atom stereocenters. The fourth-order valence-electron chi connectivity index (χ4n) is 5.34. The van der Waals surface area contributed by atoms with E-state index in [1.54, 1.807) is 22.8 Å². The third-order valence-corrected chi connectivity index (χ3v) is 6.83. The van der Waals surface area contributed by atoms with Crippen LogP contribution in [-0.4, -0.2) is 44.3 Å². The van der Waals surface area contributed by atoms with Crippen molar-refractivity contribution in [1.82, 2.24) is 19.5 Å². The predicted molar refractivity (Wildman–Crippen MR) is 120 cm³/mol. The van der Waals surface area contributed by atoms with E-state index in [4.69, 9.17) is 4.74 Å². The van der Waals surface area contributed by atoms with Crippen molar-refractivity contribution >= 4 is 11.7 Å². The second kappa shape index (κ2) is 8.29. The molecule has 1 saturated carbocycles. The first-order valence-electron chi connectivity index (χ1n) is 11.6. The number of carbonyl (C=O) groups excluding carboxylic acids is 1. The Kier molecular flexibility index (Phi) is 5.53. The number of amides is 1. The zero-order valence-corrected chi connectivity index (χ0v) is 19.4. The lowest BCUT2D eigenvalue weighted by atomic mass is 9.82. The Hall–Kier alpha value is -3.10. The SMILES string of the molecule is CC(C)(C)OC(=O)N1C[C@H]2CC[C@@H](C1)C2Cc1nc2c(-c3ccc(F)c(F)c3F)cccn2n1. The molecule has 180 valence electrons. The number of fused-ring (bicyclic) bond motifs is 3. The van der Waals surface area contributed by atoms with Gasteiger partial charge in [-0.25, -0.2) is 27.5 Å². The monoisotopic (exact) mass is 472 g/mol. The molecule has 9 heteroatoms. The second-order valence-electron chi connectivity index (χ2n) is 10.3. The van der Waals surface area contributed by atoms with E-state index in [-0.39, 0.29) is 11.7 Å². The van der Waals surface area contributed by atoms with Gasteiger partial charge >= 0.3 is 6.09 Å². The largest absolute Gasteiger partial charge is 0.444 e. The third kappa shape index (κ3) is 4.12. The van der Waals surface area contributed by atoms with Crippen molar-refractivity contribution in [3.63, 3.8) is 0 Å². The number of rotatable bonds is 3.